The number of cyclic esters (lactones) is 1. The van der Waals surface area contributed by atoms with Crippen molar-refractivity contribution in [2.75, 3.05) is 13.2 Å². The van der Waals surface area contributed by atoms with Crippen molar-refractivity contribution in [1.29, 1.82) is 0 Å². The molecular formula is C21H23BrFNO4. The van der Waals surface area contributed by atoms with Gasteiger partial charge in [-0.15, -0.1) is 0 Å². The number of aliphatic hydroxyl groups excluding tert-OH is 2. The Labute approximate surface area is 171 Å². The zero-order valence-corrected chi connectivity index (χ0v) is 17.1. The van der Waals surface area contributed by atoms with E-state index < -0.39 is 30.2 Å². The largest absolute Gasteiger partial charge is 0.438 e. The number of ether oxygens (including phenoxy) is 1. The highest BCUT2D eigenvalue weighted by Gasteiger charge is 2.44. The first-order valence-electron chi connectivity index (χ1n) is 9.15. The molecule has 0 aromatic heterocycles. The van der Waals surface area contributed by atoms with E-state index in [1.54, 1.807) is 17.0 Å². The molecule has 0 radical (unpaired) electrons. The molecule has 150 valence electrons. The molecule has 3 atom stereocenters. The normalized spacial score (nSPS) is 21.9. The summed E-state index contributed by atoms with van der Waals surface area (Å²) in [6, 6.07) is 13.2. The molecule has 0 aliphatic carbocycles. The highest BCUT2D eigenvalue weighted by Crippen LogP contribution is 2.40. The maximum absolute atomic E-state index is 13.4. The van der Waals surface area contributed by atoms with Crippen LogP contribution in [0.1, 0.15) is 36.9 Å². The van der Waals surface area contributed by atoms with E-state index in [1.807, 2.05) is 31.2 Å². The molecule has 5 nitrogen and oxygen atoms in total. The lowest BCUT2D eigenvalue weighted by atomic mass is 9.83. The molecule has 2 aromatic rings. The molecular weight excluding hydrogens is 429 g/mol. The van der Waals surface area contributed by atoms with Crippen LogP contribution in [0.15, 0.2) is 53.0 Å². The van der Waals surface area contributed by atoms with E-state index in [1.165, 1.54) is 12.1 Å². The van der Waals surface area contributed by atoms with Crippen molar-refractivity contribution in [2.24, 2.45) is 0 Å². The number of aliphatic hydroxyl groups is 2. The second kappa shape index (κ2) is 8.59. The minimum absolute atomic E-state index is 0.0430. The molecule has 1 aliphatic rings. The molecule has 1 heterocycles. The topological polar surface area (TPSA) is 70.0 Å². The van der Waals surface area contributed by atoms with E-state index in [4.69, 9.17) is 4.74 Å². The highest BCUT2D eigenvalue weighted by atomic mass is 79.9. The number of amides is 1. The average Bonchev–Trinajstić information content (AvgIpc) is 2.68. The van der Waals surface area contributed by atoms with Crippen LogP contribution in [0.4, 0.5) is 9.18 Å². The Bertz CT molecular complexity index is 814. The van der Waals surface area contributed by atoms with Gasteiger partial charge < -0.3 is 19.8 Å². The van der Waals surface area contributed by atoms with Crippen LogP contribution in [0.5, 0.6) is 0 Å². The Morgan fingerprint density at radius 3 is 2.43 bits per heavy atom. The van der Waals surface area contributed by atoms with Gasteiger partial charge in [0.15, 0.2) is 0 Å². The van der Waals surface area contributed by atoms with Crippen molar-refractivity contribution in [2.45, 2.75) is 37.5 Å². The van der Waals surface area contributed by atoms with E-state index >= 15 is 0 Å². The van der Waals surface area contributed by atoms with E-state index in [0.717, 1.165) is 10.0 Å². The molecule has 7 heteroatoms. The molecule has 28 heavy (non-hydrogen) atoms. The summed E-state index contributed by atoms with van der Waals surface area (Å²) in [6.07, 6.45) is -1.09. The van der Waals surface area contributed by atoms with Crippen LogP contribution < -0.4 is 0 Å². The number of hydrogen-bond donors (Lipinski definition) is 2. The number of halogens is 2. The average molecular weight is 452 g/mol. The first kappa shape index (κ1) is 20.8. The zero-order chi connectivity index (χ0) is 20.3. The molecule has 1 fully saturated rings. The Kier molecular flexibility index (Phi) is 6.37. The van der Waals surface area contributed by atoms with Gasteiger partial charge in [-0.25, -0.2) is 9.18 Å². The summed E-state index contributed by atoms with van der Waals surface area (Å²) in [5.41, 5.74) is 0.471. The summed E-state index contributed by atoms with van der Waals surface area (Å²) in [5, 5.41) is 19.3. The van der Waals surface area contributed by atoms with Crippen LogP contribution in [0.3, 0.4) is 0 Å². The van der Waals surface area contributed by atoms with Crippen molar-refractivity contribution >= 4 is 22.0 Å². The Morgan fingerprint density at radius 2 is 1.86 bits per heavy atom. The second-order valence-electron chi connectivity index (χ2n) is 7.08. The minimum atomic E-state index is -1.11. The van der Waals surface area contributed by atoms with E-state index in [-0.39, 0.29) is 12.5 Å². The van der Waals surface area contributed by atoms with Gasteiger partial charge in [0.05, 0.1) is 18.8 Å². The van der Waals surface area contributed by atoms with Crippen LogP contribution in [-0.4, -0.2) is 40.5 Å². The third-order valence-electron chi connectivity index (χ3n) is 5.24. The predicted octanol–water partition coefficient (Wildman–Crippen LogP) is 4.13. The number of hydrogen-bond acceptors (Lipinski definition) is 4. The Morgan fingerprint density at radius 1 is 1.21 bits per heavy atom. The lowest BCUT2D eigenvalue weighted by molar-refractivity contribution is -0.0892. The number of carbonyl (C=O) groups excluding carboxylic acids is 1. The molecule has 1 amide bonds. The van der Waals surface area contributed by atoms with Gasteiger partial charge in [0, 0.05) is 23.9 Å². The van der Waals surface area contributed by atoms with Crippen molar-refractivity contribution in [1.82, 2.24) is 4.90 Å². The standard InChI is InChI=1S/C21H23BrFNO4/c1-14(15-2-6-17(22)7-3-15)24-11-10-21(28-20(24)27,12-19(26)13-25)16-4-8-18(23)9-5-16/h2-9,14,19,25-26H,10-13H2,1H3/t14-,19+,21-/m0/s1. The van der Waals surface area contributed by atoms with Crippen LogP contribution in [0.2, 0.25) is 0 Å². The Hall–Kier alpha value is -1.96. The zero-order valence-electron chi connectivity index (χ0n) is 15.5. The summed E-state index contributed by atoms with van der Waals surface area (Å²) in [4.78, 5) is 14.5. The predicted molar refractivity (Wildman–Crippen MR) is 106 cm³/mol. The molecule has 0 spiro atoms. The fourth-order valence-corrected chi connectivity index (χ4v) is 3.87. The van der Waals surface area contributed by atoms with Gasteiger partial charge in [0.25, 0.3) is 0 Å². The molecule has 3 rings (SSSR count). The quantitative estimate of drug-likeness (QED) is 0.692. The summed E-state index contributed by atoms with van der Waals surface area (Å²) in [7, 11) is 0. The molecule has 0 bridgehead atoms. The van der Waals surface area contributed by atoms with Crippen molar-refractivity contribution in [3.63, 3.8) is 0 Å². The second-order valence-corrected chi connectivity index (χ2v) is 8.00. The third kappa shape index (κ3) is 4.37. The highest BCUT2D eigenvalue weighted by molar-refractivity contribution is 9.10. The van der Waals surface area contributed by atoms with Crippen molar-refractivity contribution < 1.29 is 24.1 Å². The van der Waals surface area contributed by atoms with Gasteiger partial charge in [0.1, 0.15) is 11.4 Å². The van der Waals surface area contributed by atoms with Crippen molar-refractivity contribution in [3.05, 3.63) is 69.9 Å². The third-order valence-corrected chi connectivity index (χ3v) is 5.77. The van der Waals surface area contributed by atoms with Crippen LogP contribution in [0.25, 0.3) is 0 Å². The van der Waals surface area contributed by atoms with Gasteiger partial charge >= 0.3 is 6.09 Å². The van der Waals surface area contributed by atoms with Gasteiger partial charge in [-0.1, -0.05) is 40.2 Å². The smallest absolute Gasteiger partial charge is 0.411 e. The van der Waals surface area contributed by atoms with Crippen LogP contribution in [0, 0.1) is 5.82 Å². The summed E-state index contributed by atoms with van der Waals surface area (Å²) < 4.78 is 20.2. The molecule has 1 aliphatic heterocycles. The summed E-state index contributed by atoms with van der Waals surface area (Å²) >= 11 is 3.40. The maximum atomic E-state index is 13.4. The number of carbonyl (C=O) groups is 1. The van der Waals surface area contributed by atoms with E-state index in [2.05, 4.69) is 15.9 Å². The summed E-state index contributed by atoms with van der Waals surface area (Å²) in [6.45, 7) is 1.89. The van der Waals surface area contributed by atoms with Crippen molar-refractivity contribution in [3.8, 4) is 0 Å². The maximum Gasteiger partial charge on any atom is 0.411 e. The summed E-state index contributed by atoms with van der Waals surface area (Å²) in [5.74, 6) is -0.394. The van der Waals surface area contributed by atoms with Gasteiger partial charge in [0.2, 0.25) is 0 Å². The van der Waals surface area contributed by atoms with Gasteiger partial charge in [-0.2, -0.15) is 0 Å². The SMILES string of the molecule is C[C@@H](c1ccc(Br)cc1)N1CC[C@](C[C@@H](O)CO)(c2ccc(F)cc2)OC1=O. The van der Waals surface area contributed by atoms with Crippen LogP contribution >= 0.6 is 15.9 Å². The molecule has 2 N–H and O–H groups in total. The fraction of sp³-hybridized carbons (Fsp3) is 0.381. The molecule has 0 unspecified atom stereocenters. The fourth-order valence-electron chi connectivity index (χ4n) is 3.61. The lowest BCUT2D eigenvalue weighted by Gasteiger charge is -2.44. The van der Waals surface area contributed by atoms with E-state index in [9.17, 15) is 19.4 Å². The van der Waals surface area contributed by atoms with Crippen LogP contribution in [-0.2, 0) is 10.3 Å². The first-order chi connectivity index (χ1) is 13.3. The first-order valence-corrected chi connectivity index (χ1v) is 9.94. The number of nitrogens with zero attached hydrogens (tertiary/aromatic N) is 1. The molecule has 0 saturated carbocycles. The number of benzene rings is 2. The minimum Gasteiger partial charge on any atom is -0.438 e. The van der Waals surface area contributed by atoms with Gasteiger partial charge in [-0.05, 0) is 42.3 Å². The lowest BCUT2D eigenvalue weighted by Crippen LogP contribution is -2.50. The van der Waals surface area contributed by atoms with Gasteiger partial charge in [-0.3, -0.25) is 0 Å². The number of rotatable bonds is 6. The van der Waals surface area contributed by atoms with E-state index in [0.29, 0.717) is 18.5 Å². The monoisotopic (exact) mass is 451 g/mol. The molecule has 2 aromatic carbocycles. The molecule has 1 saturated heterocycles. The Balaban J connectivity index is 1.84.